The molecule has 1 aromatic carbocycles. The standard InChI is InChI=1S/C18H23N3O2/c1-15(17-8-5-13-23-17)19-14-18(22)21-11-9-20(10-12-21)16-6-3-2-4-7-16/h2-8,13,15,19H,9-12,14H2,1H3/t15-/m0/s1. The fourth-order valence-electron chi connectivity index (χ4n) is 2.84. The largest absolute Gasteiger partial charge is 0.468 e. The number of carbonyl (C=O) groups excluding carboxylic acids is 1. The third-order valence-corrected chi connectivity index (χ3v) is 4.28. The first-order valence-corrected chi connectivity index (χ1v) is 8.08. The maximum atomic E-state index is 12.3. The van der Waals surface area contributed by atoms with Crippen molar-refractivity contribution < 1.29 is 9.21 Å². The van der Waals surface area contributed by atoms with Gasteiger partial charge in [0.05, 0.1) is 18.8 Å². The van der Waals surface area contributed by atoms with Crippen LogP contribution >= 0.6 is 0 Å². The number of furan rings is 1. The minimum atomic E-state index is 0.0413. The predicted molar refractivity (Wildman–Crippen MR) is 90.4 cm³/mol. The Morgan fingerprint density at radius 3 is 2.52 bits per heavy atom. The van der Waals surface area contributed by atoms with Crippen molar-refractivity contribution in [3.8, 4) is 0 Å². The molecule has 5 heteroatoms. The van der Waals surface area contributed by atoms with Crippen molar-refractivity contribution in [1.29, 1.82) is 0 Å². The zero-order valence-corrected chi connectivity index (χ0v) is 13.4. The van der Waals surface area contributed by atoms with Gasteiger partial charge in [-0.1, -0.05) is 18.2 Å². The average Bonchev–Trinajstić information content (AvgIpc) is 3.15. The number of carbonyl (C=O) groups is 1. The minimum Gasteiger partial charge on any atom is -0.468 e. The number of piperazine rings is 1. The zero-order valence-electron chi connectivity index (χ0n) is 13.4. The Balaban J connectivity index is 1.45. The highest BCUT2D eigenvalue weighted by atomic mass is 16.3. The molecule has 1 aliphatic heterocycles. The van der Waals surface area contributed by atoms with Crippen LogP contribution in [-0.2, 0) is 4.79 Å². The summed E-state index contributed by atoms with van der Waals surface area (Å²) in [5, 5.41) is 3.23. The normalized spacial score (nSPS) is 16.4. The van der Waals surface area contributed by atoms with Crippen LogP contribution in [0.15, 0.2) is 53.1 Å². The molecule has 1 atom stereocenters. The zero-order chi connectivity index (χ0) is 16.1. The minimum absolute atomic E-state index is 0.0413. The predicted octanol–water partition coefficient (Wildman–Crippen LogP) is 2.28. The first-order valence-electron chi connectivity index (χ1n) is 8.08. The summed E-state index contributed by atoms with van der Waals surface area (Å²) in [4.78, 5) is 16.6. The van der Waals surface area contributed by atoms with Gasteiger partial charge >= 0.3 is 0 Å². The molecule has 0 spiro atoms. The van der Waals surface area contributed by atoms with Crippen LogP contribution in [0.5, 0.6) is 0 Å². The summed E-state index contributed by atoms with van der Waals surface area (Å²) in [7, 11) is 0. The molecular formula is C18H23N3O2. The van der Waals surface area contributed by atoms with Gasteiger partial charge in [-0.15, -0.1) is 0 Å². The van der Waals surface area contributed by atoms with Crippen LogP contribution in [0.2, 0.25) is 0 Å². The number of rotatable bonds is 5. The second-order valence-electron chi connectivity index (χ2n) is 5.82. The fourth-order valence-corrected chi connectivity index (χ4v) is 2.84. The highest BCUT2D eigenvalue weighted by Crippen LogP contribution is 2.16. The Labute approximate surface area is 136 Å². The molecule has 1 aliphatic rings. The van der Waals surface area contributed by atoms with Crippen molar-refractivity contribution in [3.05, 3.63) is 54.5 Å². The molecule has 0 bridgehead atoms. The van der Waals surface area contributed by atoms with Gasteiger partial charge in [0.25, 0.3) is 0 Å². The van der Waals surface area contributed by atoms with Gasteiger partial charge in [0.15, 0.2) is 0 Å². The maximum Gasteiger partial charge on any atom is 0.236 e. The summed E-state index contributed by atoms with van der Waals surface area (Å²) in [5.41, 5.74) is 1.23. The number of anilines is 1. The Kier molecular flexibility index (Phi) is 4.98. The second-order valence-corrected chi connectivity index (χ2v) is 5.82. The third kappa shape index (κ3) is 3.93. The van der Waals surface area contributed by atoms with E-state index in [-0.39, 0.29) is 11.9 Å². The number of nitrogens with one attached hydrogen (secondary N) is 1. The summed E-state index contributed by atoms with van der Waals surface area (Å²) >= 11 is 0. The first-order chi connectivity index (χ1) is 11.2. The monoisotopic (exact) mass is 313 g/mol. The Morgan fingerprint density at radius 2 is 1.87 bits per heavy atom. The number of nitrogens with zero attached hydrogens (tertiary/aromatic N) is 2. The topological polar surface area (TPSA) is 48.7 Å². The summed E-state index contributed by atoms with van der Waals surface area (Å²) in [6, 6.07) is 14.2. The molecule has 0 aliphatic carbocycles. The molecule has 3 rings (SSSR count). The number of hydrogen-bond acceptors (Lipinski definition) is 4. The van der Waals surface area contributed by atoms with E-state index in [9.17, 15) is 4.79 Å². The van der Waals surface area contributed by atoms with E-state index in [1.165, 1.54) is 5.69 Å². The lowest BCUT2D eigenvalue weighted by molar-refractivity contribution is -0.130. The molecule has 1 saturated heterocycles. The van der Waals surface area contributed by atoms with E-state index in [1.54, 1.807) is 6.26 Å². The van der Waals surface area contributed by atoms with Crippen LogP contribution in [0.1, 0.15) is 18.7 Å². The van der Waals surface area contributed by atoms with Crippen molar-refractivity contribution in [2.45, 2.75) is 13.0 Å². The van der Waals surface area contributed by atoms with E-state index in [1.807, 2.05) is 42.2 Å². The van der Waals surface area contributed by atoms with Crippen LogP contribution in [-0.4, -0.2) is 43.5 Å². The van der Waals surface area contributed by atoms with E-state index in [2.05, 4.69) is 22.3 Å². The van der Waals surface area contributed by atoms with Crippen LogP contribution in [0.25, 0.3) is 0 Å². The van der Waals surface area contributed by atoms with Gasteiger partial charge in [0, 0.05) is 31.9 Å². The quantitative estimate of drug-likeness (QED) is 0.920. The van der Waals surface area contributed by atoms with Gasteiger partial charge in [0.1, 0.15) is 5.76 Å². The Morgan fingerprint density at radius 1 is 1.13 bits per heavy atom. The molecule has 1 amide bonds. The van der Waals surface area contributed by atoms with Gasteiger partial charge < -0.3 is 14.2 Å². The second kappa shape index (κ2) is 7.33. The van der Waals surface area contributed by atoms with E-state index >= 15 is 0 Å². The lowest BCUT2D eigenvalue weighted by Crippen LogP contribution is -2.51. The number of amides is 1. The van der Waals surface area contributed by atoms with Crippen LogP contribution in [0, 0.1) is 0 Å². The molecule has 0 unspecified atom stereocenters. The molecule has 5 nitrogen and oxygen atoms in total. The highest BCUT2D eigenvalue weighted by Gasteiger charge is 2.21. The van der Waals surface area contributed by atoms with Gasteiger partial charge in [-0.3, -0.25) is 10.1 Å². The molecule has 1 aromatic heterocycles. The van der Waals surface area contributed by atoms with Crippen molar-refractivity contribution in [1.82, 2.24) is 10.2 Å². The Hall–Kier alpha value is -2.27. The van der Waals surface area contributed by atoms with Crippen molar-refractivity contribution >= 4 is 11.6 Å². The van der Waals surface area contributed by atoms with E-state index in [4.69, 9.17) is 4.42 Å². The third-order valence-electron chi connectivity index (χ3n) is 4.28. The lowest BCUT2D eigenvalue weighted by atomic mass is 10.2. The van der Waals surface area contributed by atoms with E-state index in [0.29, 0.717) is 6.54 Å². The summed E-state index contributed by atoms with van der Waals surface area (Å²) < 4.78 is 5.34. The fraction of sp³-hybridized carbons (Fsp3) is 0.389. The van der Waals surface area contributed by atoms with Crippen molar-refractivity contribution in [2.24, 2.45) is 0 Å². The average molecular weight is 313 g/mol. The first kappa shape index (κ1) is 15.6. The molecule has 1 N–H and O–H groups in total. The molecule has 0 radical (unpaired) electrons. The molecule has 23 heavy (non-hydrogen) atoms. The summed E-state index contributed by atoms with van der Waals surface area (Å²) in [5.74, 6) is 1.00. The number of para-hydroxylation sites is 1. The van der Waals surface area contributed by atoms with E-state index in [0.717, 1.165) is 31.9 Å². The molecule has 0 saturated carbocycles. The van der Waals surface area contributed by atoms with Crippen LogP contribution in [0.3, 0.4) is 0 Å². The van der Waals surface area contributed by atoms with Gasteiger partial charge in [-0.2, -0.15) is 0 Å². The van der Waals surface area contributed by atoms with Gasteiger partial charge in [0.2, 0.25) is 5.91 Å². The molecule has 122 valence electrons. The SMILES string of the molecule is C[C@H](NCC(=O)N1CCN(c2ccccc2)CC1)c1ccco1. The molecular weight excluding hydrogens is 290 g/mol. The molecule has 2 aromatic rings. The van der Waals surface area contributed by atoms with Crippen LogP contribution in [0.4, 0.5) is 5.69 Å². The molecule has 2 heterocycles. The Bertz CT molecular complexity index is 604. The summed E-state index contributed by atoms with van der Waals surface area (Å²) in [6.07, 6.45) is 1.65. The van der Waals surface area contributed by atoms with Crippen molar-refractivity contribution in [2.75, 3.05) is 37.6 Å². The highest BCUT2D eigenvalue weighted by molar-refractivity contribution is 5.78. The maximum absolute atomic E-state index is 12.3. The summed E-state index contributed by atoms with van der Waals surface area (Å²) in [6.45, 7) is 5.63. The lowest BCUT2D eigenvalue weighted by Gasteiger charge is -2.36. The smallest absolute Gasteiger partial charge is 0.236 e. The number of hydrogen-bond donors (Lipinski definition) is 1. The van der Waals surface area contributed by atoms with Crippen LogP contribution < -0.4 is 10.2 Å². The van der Waals surface area contributed by atoms with Gasteiger partial charge in [-0.05, 0) is 31.2 Å². The number of benzene rings is 1. The van der Waals surface area contributed by atoms with Gasteiger partial charge in [-0.25, -0.2) is 0 Å². The van der Waals surface area contributed by atoms with Crippen molar-refractivity contribution in [3.63, 3.8) is 0 Å². The molecule has 1 fully saturated rings. The van der Waals surface area contributed by atoms with E-state index < -0.39 is 0 Å².